The first-order chi connectivity index (χ1) is 10.2. The van der Waals surface area contributed by atoms with Crippen molar-refractivity contribution in [1.29, 1.82) is 0 Å². The van der Waals surface area contributed by atoms with Gasteiger partial charge in [0.2, 0.25) is 0 Å². The van der Waals surface area contributed by atoms with Gasteiger partial charge in [-0.15, -0.1) is 0 Å². The van der Waals surface area contributed by atoms with Crippen molar-refractivity contribution in [3.63, 3.8) is 0 Å². The van der Waals surface area contributed by atoms with Crippen LogP contribution in [0.4, 0.5) is 0 Å². The molecule has 1 atom stereocenters. The predicted molar refractivity (Wildman–Crippen MR) is 79.3 cm³/mol. The first kappa shape index (κ1) is 14.9. The molecule has 2 aliphatic rings. The van der Waals surface area contributed by atoms with E-state index in [0.29, 0.717) is 37.1 Å². The monoisotopic (exact) mass is 313 g/mol. The van der Waals surface area contributed by atoms with Crippen molar-refractivity contribution in [3.05, 3.63) is 22.7 Å². The van der Waals surface area contributed by atoms with Gasteiger partial charge in [-0.05, 0) is 17.7 Å². The Morgan fingerprint density at radius 3 is 2.90 bits per heavy atom. The van der Waals surface area contributed by atoms with E-state index in [2.05, 4.69) is 5.32 Å². The normalized spacial score (nSPS) is 24.3. The van der Waals surface area contributed by atoms with E-state index in [1.807, 2.05) is 12.1 Å². The van der Waals surface area contributed by atoms with Gasteiger partial charge < -0.3 is 24.3 Å². The lowest BCUT2D eigenvalue weighted by atomic mass is 10.0. The summed E-state index contributed by atoms with van der Waals surface area (Å²) in [6.07, 6.45) is 0.915. The Bertz CT molecular complexity index is 503. The zero-order chi connectivity index (χ0) is 14.7. The maximum atomic E-state index is 6.23. The average molecular weight is 314 g/mol. The van der Waals surface area contributed by atoms with Crippen molar-refractivity contribution in [2.75, 3.05) is 40.1 Å². The SMILES string of the molecule is COC1(CNCc2cc(Cl)c3c(c2)OCCO3)CCOC1. The number of ether oxygens (including phenoxy) is 4. The average Bonchev–Trinajstić information content (AvgIpc) is 2.97. The fraction of sp³-hybridized carbons (Fsp3) is 0.600. The number of rotatable bonds is 5. The zero-order valence-electron chi connectivity index (χ0n) is 12.1. The molecule has 0 radical (unpaired) electrons. The van der Waals surface area contributed by atoms with Gasteiger partial charge in [-0.1, -0.05) is 11.6 Å². The molecule has 6 heteroatoms. The van der Waals surface area contributed by atoms with Gasteiger partial charge >= 0.3 is 0 Å². The Morgan fingerprint density at radius 2 is 2.14 bits per heavy atom. The largest absolute Gasteiger partial charge is 0.486 e. The standard InChI is InChI=1S/C15H20ClNO4/c1-18-15(2-3-19-10-15)9-17-8-11-6-12(16)14-13(7-11)20-4-5-21-14/h6-7,17H,2-5,8-10H2,1H3. The molecule has 21 heavy (non-hydrogen) atoms. The summed E-state index contributed by atoms with van der Waals surface area (Å²) in [5, 5.41) is 4.00. The van der Waals surface area contributed by atoms with Crippen LogP contribution in [0.5, 0.6) is 11.5 Å². The highest BCUT2D eigenvalue weighted by atomic mass is 35.5. The summed E-state index contributed by atoms with van der Waals surface area (Å²) < 4.78 is 22.1. The lowest BCUT2D eigenvalue weighted by Gasteiger charge is -2.26. The highest BCUT2D eigenvalue weighted by Crippen LogP contribution is 2.38. The molecule has 0 aromatic heterocycles. The highest BCUT2D eigenvalue weighted by molar-refractivity contribution is 6.32. The van der Waals surface area contributed by atoms with E-state index in [-0.39, 0.29) is 5.60 Å². The number of hydrogen-bond acceptors (Lipinski definition) is 5. The van der Waals surface area contributed by atoms with Gasteiger partial charge in [0.05, 0.1) is 11.6 Å². The molecule has 1 fully saturated rings. The second kappa shape index (κ2) is 6.40. The number of nitrogens with one attached hydrogen (secondary N) is 1. The molecule has 0 saturated carbocycles. The minimum Gasteiger partial charge on any atom is -0.486 e. The maximum absolute atomic E-state index is 6.23. The van der Waals surface area contributed by atoms with Crippen LogP contribution in [0, 0.1) is 0 Å². The van der Waals surface area contributed by atoms with E-state index >= 15 is 0 Å². The third kappa shape index (κ3) is 3.26. The van der Waals surface area contributed by atoms with Gasteiger partial charge in [-0.25, -0.2) is 0 Å². The summed E-state index contributed by atoms with van der Waals surface area (Å²) in [6, 6.07) is 3.88. The van der Waals surface area contributed by atoms with Crippen LogP contribution in [0.25, 0.3) is 0 Å². The van der Waals surface area contributed by atoms with Gasteiger partial charge in [-0.3, -0.25) is 0 Å². The Balaban J connectivity index is 1.61. The first-order valence-electron chi connectivity index (χ1n) is 7.14. The van der Waals surface area contributed by atoms with E-state index in [1.54, 1.807) is 7.11 Å². The van der Waals surface area contributed by atoms with Crippen LogP contribution in [0.1, 0.15) is 12.0 Å². The predicted octanol–water partition coefficient (Wildman–Crippen LogP) is 2.01. The fourth-order valence-electron chi connectivity index (χ4n) is 2.66. The molecule has 0 aliphatic carbocycles. The minimum atomic E-state index is -0.211. The van der Waals surface area contributed by atoms with E-state index in [0.717, 1.165) is 30.9 Å². The molecule has 2 aliphatic heterocycles. The molecule has 5 nitrogen and oxygen atoms in total. The van der Waals surface area contributed by atoms with Crippen LogP contribution in [-0.4, -0.2) is 45.7 Å². The summed E-state index contributed by atoms with van der Waals surface area (Å²) >= 11 is 6.23. The number of hydrogen-bond donors (Lipinski definition) is 1. The van der Waals surface area contributed by atoms with Gasteiger partial charge in [0.15, 0.2) is 11.5 Å². The number of fused-ring (bicyclic) bond motifs is 1. The fourth-order valence-corrected chi connectivity index (χ4v) is 2.95. The van der Waals surface area contributed by atoms with Crippen molar-refractivity contribution < 1.29 is 18.9 Å². The van der Waals surface area contributed by atoms with Gasteiger partial charge in [-0.2, -0.15) is 0 Å². The van der Waals surface area contributed by atoms with Gasteiger partial charge in [0.1, 0.15) is 18.8 Å². The molecule has 0 bridgehead atoms. The summed E-state index contributed by atoms with van der Waals surface area (Å²) in [5.41, 5.74) is 0.854. The molecule has 1 N–H and O–H groups in total. The smallest absolute Gasteiger partial charge is 0.179 e. The van der Waals surface area contributed by atoms with Gasteiger partial charge in [0, 0.05) is 33.2 Å². The minimum absolute atomic E-state index is 0.211. The van der Waals surface area contributed by atoms with Crippen LogP contribution in [0.15, 0.2) is 12.1 Å². The summed E-state index contributed by atoms with van der Waals surface area (Å²) in [5.74, 6) is 1.36. The Kier molecular flexibility index (Phi) is 4.54. The lowest BCUT2D eigenvalue weighted by Crippen LogP contribution is -2.42. The quantitative estimate of drug-likeness (QED) is 0.901. The third-order valence-electron chi connectivity index (χ3n) is 3.93. The molecule has 116 valence electrons. The van der Waals surface area contributed by atoms with E-state index < -0.39 is 0 Å². The molecule has 1 saturated heterocycles. The van der Waals surface area contributed by atoms with E-state index in [9.17, 15) is 0 Å². The van der Waals surface area contributed by atoms with Crippen molar-refractivity contribution in [2.45, 2.75) is 18.6 Å². The van der Waals surface area contributed by atoms with Crippen LogP contribution < -0.4 is 14.8 Å². The summed E-state index contributed by atoms with van der Waals surface area (Å²) in [4.78, 5) is 0. The van der Waals surface area contributed by atoms with Crippen LogP contribution >= 0.6 is 11.6 Å². The zero-order valence-corrected chi connectivity index (χ0v) is 12.9. The maximum Gasteiger partial charge on any atom is 0.179 e. The van der Waals surface area contributed by atoms with Crippen LogP contribution in [0.2, 0.25) is 5.02 Å². The number of benzene rings is 1. The molecule has 2 heterocycles. The molecule has 0 spiro atoms. The second-order valence-corrected chi connectivity index (χ2v) is 5.80. The number of halogens is 1. The van der Waals surface area contributed by atoms with Crippen LogP contribution in [-0.2, 0) is 16.0 Å². The van der Waals surface area contributed by atoms with Crippen molar-refractivity contribution in [3.8, 4) is 11.5 Å². The van der Waals surface area contributed by atoms with E-state index in [1.165, 1.54) is 0 Å². The number of methoxy groups -OCH3 is 1. The second-order valence-electron chi connectivity index (χ2n) is 5.40. The molecular formula is C15H20ClNO4. The van der Waals surface area contributed by atoms with Gasteiger partial charge in [0.25, 0.3) is 0 Å². The third-order valence-corrected chi connectivity index (χ3v) is 4.21. The van der Waals surface area contributed by atoms with Crippen molar-refractivity contribution in [2.24, 2.45) is 0 Å². The molecule has 0 amide bonds. The topological polar surface area (TPSA) is 49.0 Å². The molecule has 3 rings (SSSR count). The lowest BCUT2D eigenvalue weighted by molar-refractivity contribution is -0.0159. The highest BCUT2D eigenvalue weighted by Gasteiger charge is 2.34. The Morgan fingerprint density at radius 1 is 1.29 bits per heavy atom. The molecular weight excluding hydrogens is 294 g/mol. The van der Waals surface area contributed by atoms with Crippen molar-refractivity contribution >= 4 is 11.6 Å². The summed E-state index contributed by atoms with van der Waals surface area (Å²) in [7, 11) is 1.73. The summed E-state index contributed by atoms with van der Waals surface area (Å²) in [6.45, 7) is 3.94. The van der Waals surface area contributed by atoms with Crippen LogP contribution in [0.3, 0.4) is 0 Å². The molecule has 1 unspecified atom stereocenters. The first-order valence-corrected chi connectivity index (χ1v) is 7.52. The molecule has 1 aromatic rings. The van der Waals surface area contributed by atoms with E-state index in [4.69, 9.17) is 30.5 Å². The molecule has 1 aromatic carbocycles. The van der Waals surface area contributed by atoms with Crippen molar-refractivity contribution in [1.82, 2.24) is 5.32 Å². The Labute approximate surface area is 129 Å². The Hall–Kier alpha value is -1.01.